The Balaban J connectivity index is 0.00000144. The molecule has 3 N–H and O–H groups in total. The summed E-state index contributed by atoms with van der Waals surface area (Å²) in [7, 11) is 0. The molecule has 96 valence electrons. The van der Waals surface area contributed by atoms with Crippen molar-refractivity contribution in [3.8, 4) is 5.75 Å². The fourth-order valence-electron chi connectivity index (χ4n) is 2.41. The number of hydrogen-bond donors (Lipinski definition) is 2. The van der Waals surface area contributed by atoms with Gasteiger partial charge in [0.25, 0.3) is 0 Å². The molecule has 0 aliphatic heterocycles. The Hall–Kier alpha value is -0.510. The second-order valence-corrected chi connectivity index (χ2v) is 4.80. The second-order valence-electron chi connectivity index (χ2n) is 4.40. The number of phenols is 1. The Morgan fingerprint density at radius 3 is 2.53 bits per heavy atom. The van der Waals surface area contributed by atoms with Crippen LogP contribution in [-0.2, 0) is 0 Å². The first kappa shape index (κ1) is 14.6. The van der Waals surface area contributed by atoms with E-state index < -0.39 is 5.82 Å². The molecule has 17 heavy (non-hydrogen) atoms. The van der Waals surface area contributed by atoms with Gasteiger partial charge in [-0.2, -0.15) is 0 Å². The van der Waals surface area contributed by atoms with Gasteiger partial charge in [-0.25, -0.2) is 4.39 Å². The lowest BCUT2D eigenvalue weighted by Gasteiger charge is -2.20. The van der Waals surface area contributed by atoms with Crippen LogP contribution in [0.25, 0.3) is 0 Å². The summed E-state index contributed by atoms with van der Waals surface area (Å²) in [5.74, 6) is -0.211. The third kappa shape index (κ3) is 3.03. The smallest absolute Gasteiger partial charge is 0.139 e. The zero-order valence-electron chi connectivity index (χ0n) is 9.33. The van der Waals surface area contributed by atoms with E-state index >= 15 is 0 Å². The standard InChI is InChI=1S/C12H15ClFNO.ClH/c13-10-6-8(14)5-9(12(10)16)11(15)7-3-1-2-4-7;/h5-7,11,16H,1-4,15H2;1H/t11-;/m1./s1. The highest BCUT2D eigenvalue weighted by Crippen LogP contribution is 2.39. The van der Waals surface area contributed by atoms with Crippen LogP contribution in [0.15, 0.2) is 12.1 Å². The normalized spacial score (nSPS) is 17.8. The largest absolute Gasteiger partial charge is 0.506 e. The molecule has 5 heteroatoms. The van der Waals surface area contributed by atoms with Gasteiger partial charge in [-0.3, -0.25) is 0 Å². The van der Waals surface area contributed by atoms with Crippen LogP contribution in [0.3, 0.4) is 0 Å². The minimum Gasteiger partial charge on any atom is -0.506 e. The quantitative estimate of drug-likeness (QED) is 0.865. The second kappa shape index (κ2) is 5.89. The summed E-state index contributed by atoms with van der Waals surface area (Å²) in [5, 5.41) is 9.81. The van der Waals surface area contributed by atoms with E-state index in [0.29, 0.717) is 11.5 Å². The fourth-order valence-corrected chi connectivity index (χ4v) is 2.62. The maximum atomic E-state index is 13.2. The van der Waals surface area contributed by atoms with Gasteiger partial charge >= 0.3 is 0 Å². The van der Waals surface area contributed by atoms with Gasteiger partial charge in [0, 0.05) is 11.6 Å². The molecular weight excluding hydrogens is 264 g/mol. The number of phenolic OH excluding ortho intramolecular Hbond substituents is 1. The van der Waals surface area contributed by atoms with Crippen LogP contribution in [0.4, 0.5) is 4.39 Å². The van der Waals surface area contributed by atoms with Crippen molar-refractivity contribution >= 4 is 24.0 Å². The van der Waals surface area contributed by atoms with E-state index in [1.165, 1.54) is 6.07 Å². The molecule has 0 aromatic heterocycles. The number of halogens is 3. The molecule has 0 spiro atoms. The molecule has 1 atom stereocenters. The van der Waals surface area contributed by atoms with Crippen LogP contribution in [-0.4, -0.2) is 5.11 Å². The molecule has 1 saturated carbocycles. The number of benzene rings is 1. The molecule has 0 bridgehead atoms. The molecule has 1 aliphatic carbocycles. The van der Waals surface area contributed by atoms with Crippen LogP contribution in [0, 0.1) is 11.7 Å². The zero-order valence-corrected chi connectivity index (χ0v) is 10.9. The minimum absolute atomic E-state index is 0. The highest BCUT2D eigenvalue weighted by atomic mass is 35.5. The van der Waals surface area contributed by atoms with Gasteiger partial charge in [-0.05, 0) is 30.9 Å². The van der Waals surface area contributed by atoms with Crippen molar-refractivity contribution in [2.75, 3.05) is 0 Å². The van der Waals surface area contributed by atoms with Crippen molar-refractivity contribution < 1.29 is 9.50 Å². The minimum atomic E-state index is -0.453. The lowest BCUT2D eigenvalue weighted by molar-refractivity contribution is 0.410. The summed E-state index contributed by atoms with van der Waals surface area (Å²) in [6, 6.07) is 2.06. The summed E-state index contributed by atoms with van der Waals surface area (Å²) in [5.41, 5.74) is 6.48. The van der Waals surface area contributed by atoms with Crippen LogP contribution in [0.1, 0.15) is 37.3 Å². The molecule has 1 aromatic rings. The SMILES string of the molecule is Cl.N[C@@H](c1cc(F)cc(Cl)c1O)C1CCCC1. The number of rotatable bonds is 2. The molecule has 0 unspecified atom stereocenters. The van der Waals surface area contributed by atoms with Gasteiger partial charge in [-0.1, -0.05) is 24.4 Å². The molecule has 2 nitrogen and oxygen atoms in total. The van der Waals surface area contributed by atoms with Crippen molar-refractivity contribution in [2.45, 2.75) is 31.7 Å². The molecular formula is C12H16Cl2FNO. The molecule has 1 aliphatic rings. The predicted octanol–water partition coefficient (Wildman–Crippen LogP) is 3.80. The number of hydrogen-bond acceptors (Lipinski definition) is 2. The topological polar surface area (TPSA) is 46.2 Å². The first-order valence-electron chi connectivity index (χ1n) is 5.53. The van der Waals surface area contributed by atoms with Crippen LogP contribution < -0.4 is 5.73 Å². The highest BCUT2D eigenvalue weighted by molar-refractivity contribution is 6.32. The summed E-state index contributed by atoms with van der Waals surface area (Å²) in [4.78, 5) is 0. The fraction of sp³-hybridized carbons (Fsp3) is 0.500. The lowest BCUT2D eigenvalue weighted by atomic mass is 9.92. The van der Waals surface area contributed by atoms with Gasteiger partial charge in [0.05, 0.1) is 5.02 Å². The first-order valence-corrected chi connectivity index (χ1v) is 5.91. The average Bonchev–Trinajstić information content (AvgIpc) is 2.75. The molecule has 0 amide bonds. The third-order valence-corrected chi connectivity index (χ3v) is 3.61. The Labute approximate surface area is 111 Å². The van der Waals surface area contributed by atoms with Gasteiger partial charge in [0.15, 0.2) is 0 Å². The van der Waals surface area contributed by atoms with Gasteiger partial charge in [0.2, 0.25) is 0 Å². The Bertz CT molecular complexity index is 394. The van der Waals surface area contributed by atoms with Crippen LogP contribution in [0.2, 0.25) is 5.02 Å². The molecule has 0 heterocycles. The van der Waals surface area contributed by atoms with E-state index in [9.17, 15) is 9.50 Å². The van der Waals surface area contributed by atoms with Crippen LogP contribution >= 0.6 is 24.0 Å². The molecule has 1 fully saturated rings. The van der Waals surface area contributed by atoms with Crippen LogP contribution in [0.5, 0.6) is 5.75 Å². The maximum absolute atomic E-state index is 13.2. The van der Waals surface area contributed by atoms with Crippen molar-refractivity contribution in [2.24, 2.45) is 11.7 Å². The highest BCUT2D eigenvalue weighted by Gasteiger charge is 2.26. The zero-order chi connectivity index (χ0) is 11.7. The van der Waals surface area contributed by atoms with Gasteiger partial charge in [-0.15, -0.1) is 12.4 Å². The van der Waals surface area contributed by atoms with E-state index in [-0.39, 0.29) is 29.2 Å². The van der Waals surface area contributed by atoms with Crippen molar-refractivity contribution in [3.63, 3.8) is 0 Å². The summed E-state index contributed by atoms with van der Waals surface area (Å²) in [6.45, 7) is 0. The molecule has 0 saturated heterocycles. The Kier molecular flexibility index (Phi) is 5.04. The number of aromatic hydroxyl groups is 1. The maximum Gasteiger partial charge on any atom is 0.139 e. The Morgan fingerprint density at radius 1 is 1.35 bits per heavy atom. The van der Waals surface area contributed by atoms with E-state index in [0.717, 1.165) is 31.7 Å². The van der Waals surface area contributed by atoms with Crippen molar-refractivity contribution in [3.05, 3.63) is 28.5 Å². The van der Waals surface area contributed by atoms with Gasteiger partial charge in [0.1, 0.15) is 11.6 Å². The van der Waals surface area contributed by atoms with Gasteiger partial charge < -0.3 is 10.8 Å². The predicted molar refractivity (Wildman–Crippen MR) is 69.2 cm³/mol. The first-order chi connectivity index (χ1) is 7.59. The Morgan fingerprint density at radius 2 is 1.94 bits per heavy atom. The molecule has 2 rings (SSSR count). The van der Waals surface area contributed by atoms with Crippen molar-refractivity contribution in [1.29, 1.82) is 0 Å². The molecule has 1 aromatic carbocycles. The third-order valence-electron chi connectivity index (χ3n) is 3.32. The van der Waals surface area contributed by atoms with E-state index in [1.54, 1.807) is 0 Å². The van der Waals surface area contributed by atoms with Crippen molar-refractivity contribution in [1.82, 2.24) is 0 Å². The van der Waals surface area contributed by atoms with E-state index in [4.69, 9.17) is 17.3 Å². The summed E-state index contributed by atoms with van der Waals surface area (Å²) in [6.07, 6.45) is 4.38. The monoisotopic (exact) mass is 279 g/mol. The van der Waals surface area contributed by atoms with E-state index in [2.05, 4.69) is 0 Å². The van der Waals surface area contributed by atoms with E-state index in [1.807, 2.05) is 0 Å². The summed E-state index contributed by atoms with van der Waals surface area (Å²) < 4.78 is 13.2. The number of nitrogens with two attached hydrogens (primary N) is 1. The molecule has 0 radical (unpaired) electrons. The summed E-state index contributed by atoms with van der Waals surface area (Å²) >= 11 is 5.72. The lowest BCUT2D eigenvalue weighted by Crippen LogP contribution is -2.19. The average molecular weight is 280 g/mol.